The van der Waals surface area contributed by atoms with Crippen molar-refractivity contribution in [1.29, 1.82) is 0 Å². The van der Waals surface area contributed by atoms with Crippen LogP contribution in [0.15, 0.2) is 30.3 Å². The van der Waals surface area contributed by atoms with Crippen LogP contribution in [0.4, 0.5) is 0 Å². The number of carbonyl (C=O) groups excluding carboxylic acids is 1. The van der Waals surface area contributed by atoms with Crippen LogP contribution < -0.4 is 0 Å². The average Bonchev–Trinajstić information content (AvgIpc) is 2.47. The fourth-order valence-corrected chi connectivity index (χ4v) is 3.00. The van der Waals surface area contributed by atoms with Crippen molar-refractivity contribution in [2.45, 2.75) is 38.5 Å². The Hall–Kier alpha value is -1.84. The predicted molar refractivity (Wildman–Crippen MR) is 81.0 cm³/mol. The summed E-state index contributed by atoms with van der Waals surface area (Å²) in [6, 6.07) is 9.48. The number of aliphatic carboxylic acids is 1. The molecule has 2 rings (SSSR count). The maximum absolute atomic E-state index is 12.4. The first kappa shape index (κ1) is 15.5. The monoisotopic (exact) mass is 289 g/mol. The molecule has 1 saturated heterocycles. The lowest BCUT2D eigenvalue weighted by Crippen LogP contribution is -2.39. The summed E-state index contributed by atoms with van der Waals surface area (Å²) in [5.41, 5.74) is 0.929. The SMILES string of the molecule is C[C@H]1CCCN(C(=O)C[C@H](CC(=O)O)c2ccccc2)C1. The Morgan fingerprint density at radius 3 is 2.62 bits per heavy atom. The first-order chi connectivity index (χ1) is 10.1. The van der Waals surface area contributed by atoms with Crippen molar-refractivity contribution in [1.82, 2.24) is 4.90 Å². The van der Waals surface area contributed by atoms with Crippen molar-refractivity contribution >= 4 is 11.9 Å². The molecule has 114 valence electrons. The summed E-state index contributed by atoms with van der Waals surface area (Å²) in [7, 11) is 0. The van der Waals surface area contributed by atoms with Crippen LogP contribution >= 0.6 is 0 Å². The molecule has 0 saturated carbocycles. The number of carbonyl (C=O) groups is 2. The number of amides is 1. The quantitative estimate of drug-likeness (QED) is 0.906. The molecule has 1 heterocycles. The highest BCUT2D eigenvalue weighted by Gasteiger charge is 2.25. The number of carboxylic acid groups (broad SMARTS) is 1. The first-order valence-corrected chi connectivity index (χ1v) is 7.60. The summed E-state index contributed by atoms with van der Waals surface area (Å²) >= 11 is 0. The number of likely N-dealkylation sites (tertiary alicyclic amines) is 1. The number of nitrogens with zero attached hydrogens (tertiary/aromatic N) is 1. The summed E-state index contributed by atoms with van der Waals surface area (Å²) in [6.45, 7) is 3.76. The molecule has 2 atom stereocenters. The summed E-state index contributed by atoms with van der Waals surface area (Å²) in [4.78, 5) is 25.4. The molecule has 4 nitrogen and oxygen atoms in total. The molecule has 0 spiro atoms. The van der Waals surface area contributed by atoms with Crippen LogP contribution in [0.5, 0.6) is 0 Å². The smallest absolute Gasteiger partial charge is 0.303 e. The molecule has 21 heavy (non-hydrogen) atoms. The van der Waals surface area contributed by atoms with Gasteiger partial charge in [-0.3, -0.25) is 9.59 Å². The first-order valence-electron chi connectivity index (χ1n) is 7.60. The van der Waals surface area contributed by atoms with E-state index in [0.717, 1.165) is 25.1 Å². The topological polar surface area (TPSA) is 57.6 Å². The fraction of sp³-hybridized carbons (Fsp3) is 0.529. The lowest BCUT2D eigenvalue weighted by Gasteiger charge is -2.32. The second-order valence-electron chi connectivity index (χ2n) is 6.00. The summed E-state index contributed by atoms with van der Waals surface area (Å²) in [5, 5.41) is 9.09. The molecular formula is C17H23NO3. The normalized spacial score (nSPS) is 20.0. The number of hydrogen-bond acceptors (Lipinski definition) is 2. The number of carboxylic acids is 1. The zero-order chi connectivity index (χ0) is 15.2. The van der Waals surface area contributed by atoms with Gasteiger partial charge in [-0.15, -0.1) is 0 Å². The standard InChI is InChI=1S/C17H23NO3/c1-13-6-5-9-18(12-13)16(19)10-15(11-17(20)21)14-7-3-2-4-8-14/h2-4,7-8,13,15H,5-6,9-12H2,1H3,(H,20,21)/t13-,15+/m0/s1. The van der Waals surface area contributed by atoms with Gasteiger partial charge in [0.05, 0.1) is 6.42 Å². The largest absolute Gasteiger partial charge is 0.481 e. The molecule has 0 aliphatic carbocycles. The molecule has 1 fully saturated rings. The van der Waals surface area contributed by atoms with Gasteiger partial charge in [0, 0.05) is 25.4 Å². The third-order valence-electron chi connectivity index (χ3n) is 4.12. The van der Waals surface area contributed by atoms with E-state index in [-0.39, 0.29) is 24.7 Å². The number of benzene rings is 1. The Bertz CT molecular complexity index is 486. The van der Waals surface area contributed by atoms with Crippen molar-refractivity contribution in [2.75, 3.05) is 13.1 Å². The Kier molecular flexibility index (Phi) is 5.37. The van der Waals surface area contributed by atoms with Crippen molar-refractivity contribution in [2.24, 2.45) is 5.92 Å². The van der Waals surface area contributed by atoms with Gasteiger partial charge >= 0.3 is 5.97 Å². The maximum Gasteiger partial charge on any atom is 0.303 e. The van der Waals surface area contributed by atoms with Crippen LogP contribution in [0.2, 0.25) is 0 Å². The minimum Gasteiger partial charge on any atom is -0.481 e. The zero-order valence-corrected chi connectivity index (χ0v) is 12.5. The second kappa shape index (κ2) is 7.25. The van der Waals surface area contributed by atoms with Crippen LogP contribution in [-0.2, 0) is 9.59 Å². The third kappa shape index (κ3) is 4.59. The minimum absolute atomic E-state index is 0.000846. The van der Waals surface area contributed by atoms with E-state index in [4.69, 9.17) is 5.11 Å². The van der Waals surface area contributed by atoms with E-state index >= 15 is 0 Å². The third-order valence-corrected chi connectivity index (χ3v) is 4.12. The van der Waals surface area contributed by atoms with Crippen LogP contribution in [0.25, 0.3) is 0 Å². The molecular weight excluding hydrogens is 266 g/mol. The van der Waals surface area contributed by atoms with Crippen molar-refractivity contribution in [3.05, 3.63) is 35.9 Å². The van der Waals surface area contributed by atoms with Crippen LogP contribution in [0, 0.1) is 5.92 Å². The van der Waals surface area contributed by atoms with Gasteiger partial charge in [-0.2, -0.15) is 0 Å². The lowest BCUT2D eigenvalue weighted by molar-refractivity contribution is -0.138. The van der Waals surface area contributed by atoms with Gasteiger partial charge in [0.1, 0.15) is 0 Å². The van der Waals surface area contributed by atoms with Crippen molar-refractivity contribution in [3.63, 3.8) is 0 Å². The zero-order valence-electron chi connectivity index (χ0n) is 12.5. The maximum atomic E-state index is 12.4. The van der Waals surface area contributed by atoms with Crippen molar-refractivity contribution < 1.29 is 14.7 Å². The molecule has 0 bridgehead atoms. The minimum atomic E-state index is -0.858. The van der Waals surface area contributed by atoms with E-state index < -0.39 is 5.97 Å². The van der Waals surface area contributed by atoms with Crippen LogP contribution in [0.1, 0.15) is 44.1 Å². The molecule has 1 aliphatic rings. The summed E-state index contributed by atoms with van der Waals surface area (Å²) in [6.07, 6.45) is 2.49. The number of hydrogen-bond donors (Lipinski definition) is 1. The highest BCUT2D eigenvalue weighted by atomic mass is 16.4. The van der Waals surface area contributed by atoms with Crippen LogP contribution in [-0.4, -0.2) is 35.0 Å². The van der Waals surface area contributed by atoms with E-state index in [2.05, 4.69) is 6.92 Å². The fourth-order valence-electron chi connectivity index (χ4n) is 3.00. The van der Waals surface area contributed by atoms with Gasteiger partial charge in [-0.05, 0) is 24.3 Å². The Morgan fingerprint density at radius 1 is 1.29 bits per heavy atom. The van der Waals surface area contributed by atoms with Gasteiger partial charge in [-0.1, -0.05) is 37.3 Å². The van der Waals surface area contributed by atoms with E-state index in [1.54, 1.807) is 0 Å². The van der Waals surface area contributed by atoms with Gasteiger partial charge in [0.2, 0.25) is 5.91 Å². The number of piperidine rings is 1. The van der Waals surface area contributed by atoms with Gasteiger partial charge in [0.25, 0.3) is 0 Å². The summed E-state index contributed by atoms with van der Waals surface area (Å²) < 4.78 is 0. The average molecular weight is 289 g/mol. The van der Waals surface area contributed by atoms with Gasteiger partial charge < -0.3 is 10.0 Å². The van der Waals surface area contributed by atoms with Crippen molar-refractivity contribution in [3.8, 4) is 0 Å². The second-order valence-corrected chi connectivity index (χ2v) is 6.00. The lowest BCUT2D eigenvalue weighted by atomic mass is 9.91. The number of rotatable bonds is 5. The highest BCUT2D eigenvalue weighted by molar-refractivity contribution is 5.78. The van der Waals surface area contributed by atoms with Gasteiger partial charge in [-0.25, -0.2) is 0 Å². The molecule has 4 heteroatoms. The van der Waals surface area contributed by atoms with Crippen LogP contribution in [0.3, 0.4) is 0 Å². The molecule has 1 aliphatic heterocycles. The molecule has 1 aromatic carbocycles. The Balaban J connectivity index is 2.04. The van der Waals surface area contributed by atoms with E-state index in [0.29, 0.717) is 5.92 Å². The molecule has 1 aromatic rings. The highest BCUT2D eigenvalue weighted by Crippen LogP contribution is 2.26. The van der Waals surface area contributed by atoms with E-state index in [1.807, 2.05) is 35.2 Å². The molecule has 0 unspecified atom stereocenters. The van der Waals surface area contributed by atoms with E-state index in [9.17, 15) is 9.59 Å². The van der Waals surface area contributed by atoms with E-state index in [1.165, 1.54) is 6.42 Å². The molecule has 1 N–H and O–H groups in total. The van der Waals surface area contributed by atoms with Gasteiger partial charge in [0.15, 0.2) is 0 Å². The molecule has 0 radical (unpaired) electrons. The molecule has 0 aromatic heterocycles. The Labute approximate surface area is 125 Å². The Morgan fingerprint density at radius 2 is 2.00 bits per heavy atom. The molecule has 1 amide bonds. The summed E-state index contributed by atoms with van der Waals surface area (Å²) in [5.74, 6) is -0.480. The predicted octanol–water partition coefficient (Wildman–Crippen LogP) is 2.89.